The first-order valence-corrected chi connectivity index (χ1v) is 6.62. The topological polar surface area (TPSA) is 53.2 Å². The van der Waals surface area contributed by atoms with Crippen molar-refractivity contribution in [1.29, 1.82) is 0 Å². The number of hydrogen-bond acceptors (Lipinski definition) is 2. The van der Waals surface area contributed by atoms with Gasteiger partial charge in [0, 0.05) is 19.8 Å². The van der Waals surface area contributed by atoms with Crippen molar-refractivity contribution in [2.75, 3.05) is 7.05 Å². The minimum absolute atomic E-state index is 0.167. The van der Waals surface area contributed by atoms with Crippen LogP contribution in [0, 0.1) is 0 Å². The Morgan fingerprint density at radius 2 is 1.80 bits per heavy atom. The van der Waals surface area contributed by atoms with Crippen LogP contribution < -0.4 is 5.56 Å². The number of rotatable bonds is 4. The predicted octanol–water partition coefficient (Wildman–Crippen LogP) is 2.21. The second-order valence-electron chi connectivity index (χ2n) is 4.74. The van der Waals surface area contributed by atoms with Crippen LogP contribution in [0.1, 0.15) is 28.4 Å². The molecule has 0 atom stereocenters. The van der Waals surface area contributed by atoms with Gasteiger partial charge in [0.05, 0.1) is 0 Å². The lowest BCUT2D eigenvalue weighted by Gasteiger charge is -2.17. The Balaban J connectivity index is 2.11. The molecule has 4 nitrogen and oxygen atoms in total. The summed E-state index contributed by atoms with van der Waals surface area (Å²) in [6.07, 6.45) is 2.51. The molecule has 0 spiro atoms. The van der Waals surface area contributed by atoms with Gasteiger partial charge in [0.15, 0.2) is 0 Å². The molecular weight excluding hydrogens is 252 g/mol. The third-order valence-corrected chi connectivity index (χ3v) is 3.25. The van der Waals surface area contributed by atoms with Gasteiger partial charge >= 0.3 is 0 Å². The van der Waals surface area contributed by atoms with Gasteiger partial charge in [0.25, 0.3) is 11.5 Å². The van der Waals surface area contributed by atoms with Gasteiger partial charge in [-0.05, 0) is 29.7 Å². The van der Waals surface area contributed by atoms with E-state index in [1.807, 2.05) is 12.1 Å². The van der Waals surface area contributed by atoms with Crippen LogP contribution in [-0.2, 0) is 13.0 Å². The van der Waals surface area contributed by atoms with Crippen LogP contribution >= 0.6 is 0 Å². The Labute approximate surface area is 118 Å². The number of hydrogen-bond donors (Lipinski definition) is 1. The molecule has 2 rings (SSSR count). The predicted molar refractivity (Wildman–Crippen MR) is 78.7 cm³/mol. The highest BCUT2D eigenvalue weighted by Gasteiger charge is 2.14. The summed E-state index contributed by atoms with van der Waals surface area (Å²) in [5, 5.41) is 0. The number of carbonyl (C=O) groups is 1. The molecule has 4 heteroatoms. The number of aryl methyl sites for hydroxylation is 1. The zero-order valence-corrected chi connectivity index (χ0v) is 11.7. The standard InChI is InChI=1S/C16H18N2O2/c1-3-12-6-8-13(9-7-12)11-18(2)16(20)14-5-4-10-17-15(14)19/h4-10H,3,11H2,1-2H3,(H,17,19). The molecule has 104 valence electrons. The maximum absolute atomic E-state index is 12.2. The highest BCUT2D eigenvalue weighted by Crippen LogP contribution is 2.08. The molecule has 1 aromatic heterocycles. The van der Waals surface area contributed by atoms with Crippen molar-refractivity contribution in [2.24, 2.45) is 0 Å². The van der Waals surface area contributed by atoms with E-state index in [0.29, 0.717) is 6.54 Å². The summed E-state index contributed by atoms with van der Waals surface area (Å²) in [6.45, 7) is 2.59. The lowest BCUT2D eigenvalue weighted by Crippen LogP contribution is -2.31. The highest BCUT2D eigenvalue weighted by molar-refractivity contribution is 5.93. The third kappa shape index (κ3) is 3.15. The van der Waals surface area contributed by atoms with E-state index in [1.165, 1.54) is 17.8 Å². The van der Waals surface area contributed by atoms with E-state index in [2.05, 4.69) is 24.0 Å². The minimum atomic E-state index is -0.356. The number of aromatic nitrogens is 1. The van der Waals surface area contributed by atoms with E-state index in [4.69, 9.17) is 0 Å². The van der Waals surface area contributed by atoms with E-state index >= 15 is 0 Å². The van der Waals surface area contributed by atoms with Gasteiger partial charge in [0.2, 0.25) is 0 Å². The van der Waals surface area contributed by atoms with Crippen LogP contribution in [-0.4, -0.2) is 22.8 Å². The Kier molecular flexibility index (Phi) is 4.35. The lowest BCUT2D eigenvalue weighted by atomic mass is 10.1. The van der Waals surface area contributed by atoms with E-state index in [-0.39, 0.29) is 17.0 Å². The molecular formula is C16H18N2O2. The first-order valence-electron chi connectivity index (χ1n) is 6.62. The quantitative estimate of drug-likeness (QED) is 0.926. The Bertz CT molecular complexity index is 644. The molecule has 20 heavy (non-hydrogen) atoms. The summed E-state index contributed by atoms with van der Waals surface area (Å²) in [7, 11) is 1.70. The number of nitrogens with zero attached hydrogens (tertiary/aromatic N) is 1. The number of aromatic amines is 1. The number of carbonyl (C=O) groups excluding carboxylic acids is 1. The summed E-state index contributed by atoms with van der Waals surface area (Å²) >= 11 is 0. The van der Waals surface area contributed by atoms with Crippen molar-refractivity contribution in [3.63, 3.8) is 0 Å². The van der Waals surface area contributed by atoms with Gasteiger partial charge in [-0.3, -0.25) is 9.59 Å². The smallest absolute Gasteiger partial charge is 0.260 e. The van der Waals surface area contributed by atoms with Crippen LogP contribution in [0.5, 0.6) is 0 Å². The number of nitrogens with one attached hydrogen (secondary N) is 1. The van der Waals surface area contributed by atoms with E-state index in [1.54, 1.807) is 18.0 Å². The number of amides is 1. The Hall–Kier alpha value is -2.36. The zero-order chi connectivity index (χ0) is 14.5. The second-order valence-corrected chi connectivity index (χ2v) is 4.74. The van der Waals surface area contributed by atoms with Crippen LogP contribution in [0.3, 0.4) is 0 Å². The number of H-pyrrole nitrogens is 1. The monoisotopic (exact) mass is 270 g/mol. The van der Waals surface area contributed by atoms with E-state index < -0.39 is 0 Å². The van der Waals surface area contributed by atoms with Crippen LogP contribution in [0.15, 0.2) is 47.4 Å². The molecule has 0 unspecified atom stereocenters. The maximum Gasteiger partial charge on any atom is 0.260 e. The second kappa shape index (κ2) is 6.19. The molecule has 1 aromatic carbocycles. The molecule has 1 heterocycles. The van der Waals surface area contributed by atoms with Gasteiger partial charge in [0.1, 0.15) is 5.56 Å². The van der Waals surface area contributed by atoms with Crippen LogP contribution in [0.4, 0.5) is 0 Å². The summed E-state index contributed by atoms with van der Waals surface area (Å²) in [5.41, 5.74) is 2.12. The summed E-state index contributed by atoms with van der Waals surface area (Å²) in [6, 6.07) is 11.3. The van der Waals surface area contributed by atoms with Crippen molar-refractivity contribution in [3.05, 3.63) is 69.6 Å². The number of benzene rings is 1. The van der Waals surface area contributed by atoms with Gasteiger partial charge in [-0.2, -0.15) is 0 Å². The van der Waals surface area contributed by atoms with Gasteiger partial charge in [-0.1, -0.05) is 31.2 Å². The average molecular weight is 270 g/mol. The molecule has 0 aliphatic rings. The molecule has 0 radical (unpaired) electrons. The Morgan fingerprint density at radius 3 is 2.40 bits per heavy atom. The fourth-order valence-corrected chi connectivity index (χ4v) is 2.02. The van der Waals surface area contributed by atoms with Crippen molar-refractivity contribution >= 4 is 5.91 Å². The SMILES string of the molecule is CCc1ccc(CN(C)C(=O)c2ccc[nH]c2=O)cc1. The average Bonchev–Trinajstić information content (AvgIpc) is 2.48. The third-order valence-electron chi connectivity index (χ3n) is 3.25. The van der Waals surface area contributed by atoms with Crippen LogP contribution in [0.2, 0.25) is 0 Å². The van der Waals surface area contributed by atoms with Crippen molar-refractivity contribution in [1.82, 2.24) is 9.88 Å². The normalized spacial score (nSPS) is 10.3. The summed E-state index contributed by atoms with van der Waals surface area (Å²) in [4.78, 5) is 27.9. The molecule has 0 fully saturated rings. The maximum atomic E-state index is 12.2. The molecule has 2 aromatic rings. The van der Waals surface area contributed by atoms with Gasteiger partial charge < -0.3 is 9.88 Å². The molecule has 0 saturated carbocycles. The fraction of sp³-hybridized carbons (Fsp3) is 0.250. The van der Waals surface area contributed by atoms with Crippen molar-refractivity contribution < 1.29 is 4.79 Å². The minimum Gasteiger partial charge on any atom is -0.337 e. The van der Waals surface area contributed by atoms with Crippen LogP contribution in [0.25, 0.3) is 0 Å². The molecule has 1 amide bonds. The van der Waals surface area contributed by atoms with E-state index in [9.17, 15) is 9.59 Å². The summed E-state index contributed by atoms with van der Waals surface area (Å²) in [5.74, 6) is -0.272. The molecule has 0 aliphatic heterocycles. The molecule has 0 bridgehead atoms. The molecule has 0 saturated heterocycles. The number of pyridine rings is 1. The molecule has 0 aliphatic carbocycles. The Morgan fingerprint density at radius 1 is 1.15 bits per heavy atom. The fourth-order valence-electron chi connectivity index (χ4n) is 2.02. The first kappa shape index (κ1) is 14.1. The van der Waals surface area contributed by atoms with Crippen molar-refractivity contribution in [2.45, 2.75) is 19.9 Å². The lowest BCUT2D eigenvalue weighted by molar-refractivity contribution is 0.0783. The highest BCUT2D eigenvalue weighted by atomic mass is 16.2. The summed E-state index contributed by atoms with van der Waals surface area (Å²) < 4.78 is 0. The van der Waals surface area contributed by atoms with Gasteiger partial charge in [-0.25, -0.2) is 0 Å². The largest absolute Gasteiger partial charge is 0.337 e. The van der Waals surface area contributed by atoms with E-state index in [0.717, 1.165) is 12.0 Å². The zero-order valence-electron chi connectivity index (χ0n) is 11.7. The van der Waals surface area contributed by atoms with Crippen molar-refractivity contribution in [3.8, 4) is 0 Å². The van der Waals surface area contributed by atoms with Gasteiger partial charge in [-0.15, -0.1) is 0 Å². The first-order chi connectivity index (χ1) is 9.61. The molecule has 1 N–H and O–H groups in total.